The van der Waals surface area contributed by atoms with Gasteiger partial charge in [-0.2, -0.15) is 0 Å². The van der Waals surface area contributed by atoms with Gasteiger partial charge in [0.1, 0.15) is 0 Å². The number of carbonyl (C=O) groups is 1. The lowest BCUT2D eigenvalue weighted by Gasteiger charge is -2.07. The first-order valence-corrected chi connectivity index (χ1v) is 6.93. The number of carboxylic acid groups (broad SMARTS) is 1. The molecule has 6 heteroatoms. The van der Waals surface area contributed by atoms with Crippen molar-refractivity contribution >= 4 is 28.2 Å². The highest BCUT2D eigenvalue weighted by atomic mass is 32.1. The molecule has 2 heterocycles. The number of fused-ring (bicyclic) bond motifs is 1. The molecule has 2 aromatic heterocycles. The van der Waals surface area contributed by atoms with Crippen LogP contribution < -0.4 is 0 Å². The summed E-state index contributed by atoms with van der Waals surface area (Å²) in [6.07, 6.45) is 0. The van der Waals surface area contributed by atoms with Gasteiger partial charge in [0, 0.05) is 11.5 Å². The zero-order valence-corrected chi connectivity index (χ0v) is 11.7. The molecule has 0 radical (unpaired) electrons. The van der Waals surface area contributed by atoms with Crippen molar-refractivity contribution in [2.45, 2.75) is 6.92 Å². The van der Waals surface area contributed by atoms with E-state index in [0.29, 0.717) is 5.69 Å². The van der Waals surface area contributed by atoms with Gasteiger partial charge in [-0.1, -0.05) is 0 Å². The first kappa shape index (κ1) is 13.6. The number of rotatable bonds is 2. The SMILES string of the molecule is Cc1ccsc1-c1cc(C(=O)O)c2cc(F)c(F)cc2n1. The second-order valence-electron chi connectivity index (χ2n) is 4.58. The number of pyridine rings is 1. The Balaban J connectivity index is 2.37. The summed E-state index contributed by atoms with van der Waals surface area (Å²) in [5, 5.41) is 11.2. The van der Waals surface area contributed by atoms with Gasteiger partial charge >= 0.3 is 5.97 Å². The number of hydrogen-bond donors (Lipinski definition) is 1. The highest BCUT2D eigenvalue weighted by Crippen LogP contribution is 2.31. The molecule has 0 atom stereocenters. The summed E-state index contributed by atoms with van der Waals surface area (Å²) >= 11 is 1.42. The van der Waals surface area contributed by atoms with Crippen molar-refractivity contribution in [3.8, 4) is 10.6 Å². The van der Waals surface area contributed by atoms with Crippen molar-refractivity contribution in [1.29, 1.82) is 0 Å². The van der Waals surface area contributed by atoms with Crippen LogP contribution in [-0.2, 0) is 0 Å². The third-order valence-corrected chi connectivity index (χ3v) is 4.21. The number of carboxylic acids is 1. The van der Waals surface area contributed by atoms with Crippen LogP contribution in [0.3, 0.4) is 0 Å². The maximum atomic E-state index is 13.4. The number of benzene rings is 1. The molecular weight excluding hydrogens is 296 g/mol. The van der Waals surface area contributed by atoms with E-state index in [2.05, 4.69) is 4.98 Å². The van der Waals surface area contributed by atoms with Crippen LogP contribution in [0.4, 0.5) is 8.78 Å². The fourth-order valence-electron chi connectivity index (χ4n) is 2.15. The Morgan fingerprint density at radius 2 is 1.95 bits per heavy atom. The Morgan fingerprint density at radius 3 is 2.57 bits per heavy atom. The second-order valence-corrected chi connectivity index (χ2v) is 5.49. The molecule has 1 aromatic carbocycles. The quantitative estimate of drug-likeness (QED) is 0.770. The minimum Gasteiger partial charge on any atom is -0.478 e. The zero-order valence-electron chi connectivity index (χ0n) is 10.9. The van der Waals surface area contributed by atoms with Crippen LogP contribution in [0.1, 0.15) is 15.9 Å². The van der Waals surface area contributed by atoms with E-state index in [-0.39, 0.29) is 16.5 Å². The molecule has 0 aliphatic rings. The first-order valence-electron chi connectivity index (χ1n) is 6.05. The van der Waals surface area contributed by atoms with Gasteiger partial charge in [0.15, 0.2) is 11.6 Å². The predicted octanol–water partition coefficient (Wildman–Crippen LogP) is 4.25. The van der Waals surface area contributed by atoms with Crippen molar-refractivity contribution in [3.63, 3.8) is 0 Å². The molecule has 0 amide bonds. The minimum absolute atomic E-state index is 0.0827. The van der Waals surface area contributed by atoms with Crippen LogP contribution in [0.25, 0.3) is 21.5 Å². The molecule has 0 aliphatic heterocycles. The van der Waals surface area contributed by atoms with Gasteiger partial charge in [0.2, 0.25) is 0 Å². The van der Waals surface area contributed by atoms with Crippen molar-refractivity contribution in [2.24, 2.45) is 0 Å². The number of aromatic nitrogens is 1. The third kappa shape index (κ3) is 2.27. The molecule has 0 bridgehead atoms. The van der Waals surface area contributed by atoms with Gasteiger partial charge in [0.25, 0.3) is 0 Å². The molecule has 0 aliphatic carbocycles. The van der Waals surface area contributed by atoms with Crippen LogP contribution >= 0.6 is 11.3 Å². The lowest BCUT2D eigenvalue weighted by Crippen LogP contribution is -2.01. The maximum absolute atomic E-state index is 13.4. The summed E-state index contributed by atoms with van der Waals surface area (Å²) in [5.74, 6) is -3.35. The number of hydrogen-bond acceptors (Lipinski definition) is 3. The standard InChI is InChI=1S/C15H9F2NO2S/c1-7-2-3-21-14(7)13-5-9(15(19)20)8-4-10(16)11(17)6-12(8)18-13/h2-6H,1H3,(H,19,20). The van der Waals surface area contributed by atoms with Crippen molar-refractivity contribution in [2.75, 3.05) is 0 Å². The molecule has 3 aromatic rings. The van der Waals surface area contributed by atoms with Crippen molar-refractivity contribution in [1.82, 2.24) is 4.98 Å². The Hall–Kier alpha value is -2.34. The van der Waals surface area contributed by atoms with Gasteiger partial charge < -0.3 is 5.11 Å². The lowest BCUT2D eigenvalue weighted by molar-refractivity contribution is 0.0699. The Kier molecular flexibility index (Phi) is 3.17. The van der Waals surface area contributed by atoms with Gasteiger partial charge in [-0.25, -0.2) is 18.6 Å². The normalized spacial score (nSPS) is 11.0. The zero-order chi connectivity index (χ0) is 15.1. The van der Waals surface area contributed by atoms with E-state index in [0.717, 1.165) is 22.6 Å². The number of thiophene rings is 1. The largest absolute Gasteiger partial charge is 0.478 e. The molecule has 21 heavy (non-hydrogen) atoms. The Bertz CT molecular complexity index is 873. The topological polar surface area (TPSA) is 50.2 Å². The summed E-state index contributed by atoms with van der Waals surface area (Å²) < 4.78 is 26.7. The molecule has 0 spiro atoms. The molecule has 0 saturated heterocycles. The summed E-state index contributed by atoms with van der Waals surface area (Å²) in [4.78, 5) is 16.5. The Morgan fingerprint density at radius 1 is 1.24 bits per heavy atom. The number of aromatic carboxylic acids is 1. The maximum Gasteiger partial charge on any atom is 0.336 e. The van der Waals surface area contributed by atoms with E-state index in [4.69, 9.17) is 0 Å². The summed E-state index contributed by atoms with van der Waals surface area (Å²) in [5.41, 5.74) is 1.42. The number of aryl methyl sites for hydroxylation is 1. The van der Waals surface area contributed by atoms with Gasteiger partial charge in [-0.3, -0.25) is 0 Å². The fraction of sp³-hybridized carbons (Fsp3) is 0.0667. The third-order valence-electron chi connectivity index (χ3n) is 3.18. The summed E-state index contributed by atoms with van der Waals surface area (Å²) in [7, 11) is 0. The number of nitrogens with zero attached hydrogens (tertiary/aromatic N) is 1. The summed E-state index contributed by atoms with van der Waals surface area (Å²) in [6, 6.07) is 5.06. The molecular formula is C15H9F2NO2S. The molecule has 106 valence electrons. The van der Waals surface area contributed by atoms with E-state index < -0.39 is 17.6 Å². The highest BCUT2D eigenvalue weighted by molar-refractivity contribution is 7.13. The van der Waals surface area contributed by atoms with Crippen LogP contribution in [0.15, 0.2) is 29.6 Å². The average Bonchev–Trinajstić information content (AvgIpc) is 2.85. The fourth-order valence-corrected chi connectivity index (χ4v) is 3.04. The monoisotopic (exact) mass is 305 g/mol. The summed E-state index contributed by atoms with van der Waals surface area (Å²) in [6.45, 7) is 1.88. The molecule has 0 saturated carbocycles. The van der Waals surface area contributed by atoms with Crippen molar-refractivity contribution in [3.05, 3.63) is 52.4 Å². The van der Waals surface area contributed by atoms with E-state index in [1.54, 1.807) is 0 Å². The molecule has 1 N–H and O–H groups in total. The Labute approximate surface area is 122 Å². The van der Waals surface area contributed by atoms with E-state index in [9.17, 15) is 18.7 Å². The predicted molar refractivity (Wildman–Crippen MR) is 76.7 cm³/mol. The van der Waals surface area contributed by atoms with Crippen LogP contribution in [-0.4, -0.2) is 16.1 Å². The highest BCUT2D eigenvalue weighted by Gasteiger charge is 2.17. The van der Waals surface area contributed by atoms with Gasteiger partial charge in [-0.15, -0.1) is 11.3 Å². The van der Waals surface area contributed by atoms with E-state index in [1.165, 1.54) is 17.4 Å². The lowest BCUT2D eigenvalue weighted by atomic mass is 10.1. The van der Waals surface area contributed by atoms with Crippen LogP contribution in [0, 0.1) is 18.6 Å². The van der Waals surface area contributed by atoms with Crippen LogP contribution in [0.5, 0.6) is 0 Å². The van der Waals surface area contributed by atoms with Gasteiger partial charge in [-0.05, 0) is 36.1 Å². The van der Waals surface area contributed by atoms with Crippen molar-refractivity contribution < 1.29 is 18.7 Å². The molecule has 0 unspecified atom stereocenters. The smallest absolute Gasteiger partial charge is 0.336 e. The molecule has 3 nitrogen and oxygen atoms in total. The molecule has 0 fully saturated rings. The first-order chi connectivity index (χ1) is 9.97. The minimum atomic E-state index is -1.20. The van der Waals surface area contributed by atoms with Crippen LogP contribution in [0.2, 0.25) is 0 Å². The van der Waals surface area contributed by atoms with E-state index >= 15 is 0 Å². The molecule has 3 rings (SSSR count). The second kappa shape index (κ2) is 4.89. The number of halogens is 2. The van der Waals surface area contributed by atoms with Gasteiger partial charge in [0.05, 0.1) is 21.7 Å². The van der Waals surface area contributed by atoms with E-state index in [1.807, 2.05) is 18.4 Å². The average molecular weight is 305 g/mol.